The summed E-state index contributed by atoms with van der Waals surface area (Å²) < 4.78 is 12.6. The molecule has 114 valence electrons. The van der Waals surface area contributed by atoms with Crippen molar-refractivity contribution in [2.24, 2.45) is 5.92 Å². The summed E-state index contributed by atoms with van der Waals surface area (Å²) in [5, 5.41) is 5.78. The summed E-state index contributed by atoms with van der Waals surface area (Å²) in [4.78, 5) is 0. The van der Waals surface area contributed by atoms with E-state index in [-0.39, 0.29) is 0 Å². The van der Waals surface area contributed by atoms with Gasteiger partial charge in [-0.3, -0.25) is 4.68 Å². The lowest BCUT2D eigenvalue weighted by molar-refractivity contribution is 0.118. The molecule has 0 bridgehead atoms. The van der Waals surface area contributed by atoms with E-state index in [1.165, 1.54) is 12.8 Å². The second-order valence-corrected chi connectivity index (χ2v) is 5.89. The summed E-state index contributed by atoms with van der Waals surface area (Å²) in [5.74, 6) is 1.39. The summed E-state index contributed by atoms with van der Waals surface area (Å²) in [6.45, 7) is 0.877. The van der Waals surface area contributed by atoms with Crippen molar-refractivity contribution in [2.75, 3.05) is 26.6 Å². The minimum Gasteiger partial charge on any atom is -0.495 e. The van der Waals surface area contributed by atoms with Crippen LogP contribution in [-0.2, 0) is 4.74 Å². The predicted octanol–water partition coefficient (Wildman–Crippen LogP) is 3.00. The topological polar surface area (TPSA) is 62.3 Å². The van der Waals surface area contributed by atoms with Gasteiger partial charge in [-0.15, -0.1) is 0 Å². The lowest BCUT2D eigenvalue weighted by atomic mass is 9.86. The average molecular weight is 289 g/mol. The van der Waals surface area contributed by atoms with Gasteiger partial charge in [-0.25, -0.2) is 0 Å². The van der Waals surface area contributed by atoms with Gasteiger partial charge < -0.3 is 15.2 Å². The molecule has 5 heteroatoms. The Hall–Kier alpha value is -1.75. The highest BCUT2D eigenvalue weighted by Gasteiger charge is 2.23. The van der Waals surface area contributed by atoms with Crippen molar-refractivity contribution in [3.05, 3.63) is 18.3 Å². The molecule has 0 amide bonds. The molecule has 0 saturated heterocycles. The van der Waals surface area contributed by atoms with Crippen LogP contribution in [0.5, 0.6) is 5.75 Å². The van der Waals surface area contributed by atoms with Gasteiger partial charge in [0.1, 0.15) is 5.75 Å². The van der Waals surface area contributed by atoms with E-state index in [4.69, 9.17) is 20.3 Å². The first-order chi connectivity index (χ1) is 10.2. The van der Waals surface area contributed by atoms with E-state index in [1.54, 1.807) is 14.2 Å². The van der Waals surface area contributed by atoms with Gasteiger partial charge >= 0.3 is 0 Å². The molecule has 0 radical (unpaired) electrons. The number of fused-ring (bicyclic) bond motifs is 1. The Balaban J connectivity index is 1.79. The van der Waals surface area contributed by atoms with Crippen molar-refractivity contribution in [3.8, 4) is 5.75 Å². The molecule has 1 heterocycles. The van der Waals surface area contributed by atoms with E-state index in [0.717, 1.165) is 30.4 Å². The zero-order valence-electron chi connectivity index (χ0n) is 12.7. The Morgan fingerprint density at radius 2 is 2.00 bits per heavy atom. The van der Waals surface area contributed by atoms with E-state index >= 15 is 0 Å². The SMILES string of the molecule is COCC1CCC(n2cc3cc(N)c(OC)cc3n2)CC1. The van der Waals surface area contributed by atoms with Gasteiger partial charge in [-0.05, 0) is 37.7 Å². The van der Waals surface area contributed by atoms with E-state index in [0.29, 0.717) is 23.4 Å². The summed E-state index contributed by atoms with van der Waals surface area (Å²) in [6, 6.07) is 4.34. The molecule has 0 aliphatic heterocycles. The number of nitrogens with zero attached hydrogens (tertiary/aromatic N) is 2. The molecular formula is C16H23N3O2. The maximum absolute atomic E-state index is 5.96. The van der Waals surface area contributed by atoms with Crippen LogP contribution < -0.4 is 10.5 Å². The smallest absolute Gasteiger partial charge is 0.144 e. The molecule has 21 heavy (non-hydrogen) atoms. The highest BCUT2D eigenvalue weighted by atomic mass is 16.5. The fraction of sp³-hybridized carbons (Fsp3) is 0.562. The second-order valence-electron chi connectivity index (χ2n) is 5.89. The first-order valence-corrected chi connectivity index (χ1v) is 7.52. The fourth-order valence-corrected chi connectivity index (χ4v) is 3.26. The summed E-state index contributed by atoms with van der Waals surface area (Å²) >= 11 is 0. The predicted molar refractivity (Wildman–Crippen MR) is 83.6 cm³/mol. The molecule has 1 aliphatic carbocycles. The fourth-order valence-electron chi connectivity index (χ4n) is 3.26. The van der Waals surface area contributed by atoms with Crippen molar-refractivity contribution >= 4 is 16.6 Å². The molecule has 1 saturated carbocycles. The van der Waals surface area contributed by atoms with Crippen molar-refractivity contribution in [1.29, 1.82) is 0 Å². The molecular weight excluding hydrogens is 266 g/mol. The molecule has 1 fully saturated rings. The Bertz CT molecular complexity index is 615. The van der Waals surface area contributed by atoms with Crippen LogP contribution in [0.15, 0.2) is 18.3 Å². The second kappa shape index (κ2) is 5.93. The van der Waals surface area contributed by atoms with E-state index in [9.17, 15) is 0 Å². The molecule has 2 N–H and O–H groups in total. The quantitative estimate of drug-likeness (QED) is 0.879. The average Bonchev–Trinajstić information content (AvgIpc) is 2.90. The third kappa shape index (κ3) is 2.83. The number of nitrogen functional groups attached to an aromatic ring is 1. The Labute approximate surface area is 125 Å². The van der Waals surface area contributed by atoms with Crippen LogP contribution in [0.1, 0.15) is 31.7 Å². The minimum absolute atomic E-state index is 0.484. The van der Waals surface area contributed by atoms with Crippen LogP contribution in [-0.4, -0.2) is 30.6 Å². The number of benzene rings is 1. The number of nitrogens with two attached hydrogens (primary N) is 1. The third-order valence-electron chi connectivity index (χ3n) is 4.47. The van der Waals surface area contributed by atoms with Crippen LogP contribution in [0, 0.1) is 5.92 Å². The van der Waals surface area contributed by atoms with E-state index < -0.39 is 0 Å². The molecule has 2 aromatic rings. The number of rotatable bonds is 4. The number of hydrogen-bond donors (Lipinski definition) is 1. The van der Waals surface area contributed by atoms with Crippen LogP contribution in [0.4, 0.5) is 5.69 Å². The molecule has 5 nitrogen and oxygen atoms in total. The normalized spacial score (nSPS) is 22.6. The highest BCUT2D eigenvalue weighted by molar-refractivity contribution is 5.84. The first kappa shape index (κ1) is 14.2. The van der Waals surface area contributed by atoms with Crippen molar-refractivity contribution < 1.29 is 9.47 Å². The highest BCUT2D eigenvalue weighted by Crippen LogP contribution is 2.34. The molecule has 3 rings (SSSR count). The first-order valence-electron chi connectivity index (χ1n) is 7.52. The molecule has 1 aromatic carbocycles. The van der Waals surface area contributed by atoms with Gasteiger partial charge in [0.15, 0.2) is 0 Å². The van der Waals surface area contributed by atoms with Gasteiger partial charge in [0.2, 0.25) is 0 Å². The van der Waals surface area contributed by atoms with Gasteiger partial charge in [0.05, 0.1) is 24.4 Å². The molecule has 1 aliphatic rings. The number of methoxy groups -OCH3 is 2. The lowest BCUT2D eigenvalue weighted by Crippen LogP contribution is -2.21. The lowest BCUT2D eigenvalue weighted by Gasteiger charge is -2.28. The van der Waals surface area contributed by atoms with Crippen LogP contribution >= 0.6 is 0 Å². The van der Waals surface area contributed by atoms with Crippen molar-refractivity contribution in [1.82, 2.24) is 9.78 Å². The zero-order chi connectivity index (χ0) is 14.8. The van der Waals surface area contributed by atoms with E-state index in [2.05, 4.69) is 10.9 Å². The molecule has 1 aromatic heterocycles. The summed E-state index contributed by atoms with van der Waals surface area (Å²) in [6.07, 6.45) is 6.84. The van der Waals surface area contributed by atoms with Gasteiger partial charge in [0.25, 0.3) is 0 Å². The van der Waals surface area contributed by atoms with E-state index in [1.807, 2.05) is 12.1 Å². The largest absolute Gasteiger partial charge is 0.495 e. The Morgan fingerprint density at radius 1 is 1.24 bits per heavy atom. The summed E-state index contributed by atoms with van der Waals surface area (Å²) in [5.41, 5.74) is 7.57. The summed E-state index contributed by atoms with van der Waals surface area (Å²) in [7, 11) is 3.41. The maximum Gasteiger partial charge on any atom is 0.144 e. The number of hydrogen-bond acceptors (Lipinski definition) is 4. The molecule has 0 spiro atoms. The Kier molecular flexibility index (Phi) is 4.01. The van der Waals surface area contributed by atoms with Crippen molar-refractivity contribution in [3.63, 3.8) is 0 Å². The van der Waals surface area contributed by atoms with Crippen LogP contribution in [0.2, 0.25) is 0 Å². The number of anilines is 1. The minimum atomic E-state index is 0.484. The monoisotopic (exact) mass is 289 g/mol. The van der Waals surface area contributed by atoms with Crippen LogP contribution in [0.3, 0.4) is 0 Å². The standard InChI is InChI=1S/C16H23N3O2/c1-20-10-11-3-5-13(6-4-11)19-9-12-7-14(17)16(21-2)8-15(12)18-19/h7-9,11,13H,3-6,10,17H2,1-2H3. The van der Waals surface area contributed by atoms with Gasteiger partial charge in [-0.2, -0.15) is 5.10 Å². The van der Waals surface area contributed by atoms with Gasteiger partial charge in [-0.1, -0.05) is 0 Å². The third-order valence-corrected chi connectivity index (χ3v) is 4.47. The maximum atomic E-state index is 5.96. The van der Waals surface area contributed by atoms with Gasteiger partial charge in [0, 0.05) is 31.4 Å². The zero-order valence-corrected chi connectivity index (χ0v) is 12.7. The van der Waals surface area contributed by atoms with Crippen molar-refractivity contribution in [2.45, 2.75) is 31.7 Å². The molecule has 0 unspecified atom stereocenters. The van der Waals surface area contributed by atoms with Crippen LogP contribution in [0.25, 0.3) is 10.9 Å². The number of ether oxygens (including phenoxy) is 2. The Morgan fingerprint density at radius 3 is 2.67 bits per heavy atom. The number of aromatic nitrogens is 2. The molecule has 0 atom stereocenters.